The van der Waals surface area contributed by atoms with Gasteiger partial charge in [0.1, 0.15) is 0 Å². The van der Waals surface area contributed by atoms with Crippen molar-refractivity contribution in [1.29, 1.82) is 0 Å². The zero-order valence-electron chi connectivity index (χ0n) is 5.01. The normalized spacial score (nSPS) is 9.90. The van der Waals surface area contributed by atoms with E-state index in [0.29, 0.717) is 0 Å². The molecule has 0 bridgehead atoms. The van der Waals surface area contributed by atoms with E-state index in [0.717, 1.165) is 0 Å². The second-order valence-electron chi connectivity index (χ2n) is 1.40. The number of hydrogen-bond acceptors (Lipinski definition) is 1. The minimum atomic E-state index is -3.81. The van der Waals surface area contributed by atoms with Gasteiger partial charge in [-0.1, -0.05) is 0 Å². The second kappa shape index (κ2) is 4.60. The van der Waals surface area contributed by atoms with Gasteiger partial charge in [-0.25, -0.2) is 0 Å². The maximum absolute atomic E-state index is 7.56. The van der Waals surface area contributed by atoms with Crippen LogP contribution in [0.4, 0.5) is 0 Å². The molecule has 0 amide bonds. The highest BCUT2D eigenvalue weighted by molar-refractivity contribution is 8.06. The zero-order chi connectivity index (χ0) is 8.04. The molecule has 1 aromatic heterocycles. The van der Waals surface area contributed by atoms with Crippen LogP contribution in [0.2, 0.25) is 0 Å². The molecule has 0 radical (unpaired) electrons. The van der Waals surface area contributed by atoms with E-state index in [4.69, 9.17) is 14.7 Å². The third-order valence-electron chi connectivity index (χ3n) is 0.496. The van der Waals surface area contributed by atoms with Crippen molar-refractivity contribution in [3.63, 3.8) is 0 Å². The van der Waals surface area contributed by atoms with Gasteiger partial charge in [0.2, 0.25) is 0 Å². The van der Waals surface area contributed by atoms with Crippen molar-refractivity contribution in [1.82, 2.24) is 4.98 Å². The monoisotopic (exact) mass is 181 g/mol. The fourth-order valence-corrected chi connectivity index (χ4v) is 0.278. The lowest BCUT2D eigenvalue weighted by Gasteiger charge is -1.88. The average molecular weight is 181 g/mol. The number of rotatable bonds is 0. The Bertz CT molecular complexity index is 169. The van der Waals surface area contributed by atoms with Crippen molar-refractivity contribution >= 4 is 18.5 Å². The van der Waals surface area contributed by atoms with Crippen molar-refractivity contribution in [3.8, 4) is 0 Å². The molecule has 0 aliphatic carbocycles. The van der Waals surface area contributed by atoms with E-state index >= 15 is 0 Å². The van der Waals surface area contributed by atoms with Gasteiger partial charge in [0, 0.05) is 12.4 Å². The molecule has 1 heterocycles. The van der Waals surface area contributed by atoms with Crippen molar-refractivity contribution in [2.75, 3.05) is 0 Å². The van der Waals surface area contributed by atoms with Crippen LogP contribution < -0.4 is 0 Å². The molecule has 0 saturated heterocycles. The summed E-state index contributed by atoms with van der Waals surface area (Å²) in [5.74, 6) is 0. The van der Waals surface area contributed by atoms with E-state index in [1.165, 1.54) is 0 Å². The first-order chi connectivity index (χ1) is 4.50. The molecule has 0 spiro atoms. The lowest BCUT2D eigenvalue weighted by molar-refractivity contribution is 0.363. The molecule has 0 unspecified atom stereocenters. The largest absolute Gasteiger partial charge is 0.368 e. The van der Waals surface area contributed by atoms with Gasteiger partial charge < -0.3 is 19.7 Å². The Morgan fingerprint density at radius 2 is 1.40 bits per heavy atom. The molecule has 1 aromatic rings. The number of hydrogen-bond donors (Lipinski definition) is 4. The van der Waals surface area contributed by atoms with E-state index in [1.807, 2.05) is 24.5 Å². The number of H-pyrrole nitrogens is 1. The van der Waals surface area contributed by atoms with Gasteiger partial charge in [-0.15, -0.1) is 0 Å². The smallest absolute Gasteiger partial charge is 0.319 e. The van der Waals surface area contributed by atoms with Crippen LogP contribution in [0.25, 0.3) is 0 Å². The molecule has 0 atom stereocenters. The fourth-order valence-electron chi connectivity index (χ4n) is 0.278. The summed E-state index contributed by atoms with van der Waals surface area (Å²) in [6.45, 7) is -3.81. The first kappa shape index (κ1) is 9.81. The minimum Gasteiger partial charge on any atom is -0.368 e. The fraction of sp³-hybridized carbons (Fsp3) is 0. The predicted octanol–water partition coefficient (Wildman–Crippen LogP) is 0.202. The summed E-state index contributed by atoms with van der Waals surface area (Å²) < 4.78 is 0. The topological polar surface area (TPSA) is 76.5 Å². The Labute approximate surface area is 63.4 Å². The summed E-state index contributed by atoms with van der Waals surface area (Å²) in [6, 6.07) is 3.89. The maximum atomic E-state index is 7.56. The average Bonchev–Trinajstić information content (AvgIpc) is 2.07. The minimum absolute atomic E-state index is 1.88. The third-order valence-corrected chi connectivity index (χ3v) is 0.496. The Hall–Kier alpha value is -0.190. The number of aromatic amines is 1. The van der Waals surface area contributed by atoms with Gasteiger partial charge in [-0.05, 0) is 23.9 Å². The molecule has 6 heteroatoms. The lowest BCUT2D eigenvalue weighted by Crippen LogP contribution is -1.65. The van der Waals surface area contributed by atoms with E-state index < -0.39 is 6.72 Å². The van der Waals surface area contributed by atoms with Crippen molar-refractivity contribution in [2.24, 2.45) is 0 Å². The first-order valence-corrected chi connectivity index (χ1v) is 5.02. The highest BCUT2D eigenvalue weighted by atomic mass is 32.5. The molecule has 4 N–H and O–H groups in total. The van der Waals surface area contributed by atoms with Crippen molar-refractivity contribution < 1.29 is 14.7 Å². The summed E-state index contributed by atoms with van der Waals surface area (Å²) in [5, 5.41) is 0. The SMILES string of the molecule is OP(O)(O)=S.c1cc[nH]c1. The van der Waals surface area contributed by atoms with Crippen LogP contribution in [0, 0.1) is 0 Å². The Kier molecular flexibility index (Phi) is 4.51. The van der Waals surface area contributed by atoms with Crippen LogP contribution >= 0.6 is 6.72 Å². The van der Waals surface area contributed by atoms with Gasteiger partial charge in [-0.2, -0.15) is 0 Å². The Morgan fingerprint density at radius 3 is 1.50 bits per heavy atom. The van der Waals surface area contributed by atoms with Crippen LogP contribution in [0.3, 0.4) is 0 Å². The molecular formula is C4H8NO3PS. The zero-order valence-corrected chi connectivity index (χ0v) is 6.72. The molecule has 0 saturated carbocycles. The van der Waals surface area contributed by atoms with Gasteiger partial charge in [0.25, 0.3) is 0 Å². The van der Waals surface area contributed by atoms with Crippen LogP contribution in [-0.2, 0) is 11.8 Å². The highest BCUT2D eigenvalue weighted by Gasteiger charge is 1.92. The van der Waals surface area contributed by atoms with Crippen LogP contribution in [-0.4, -0.2) is 19.7 Å². The summed E-state index contributed by atoms with van der Waals surface area (Å²) in [4.78, 5) is 25.5. The van der Waals surface area contributed by atoms with Crippen molar-refractivity contribution in [3.05, 3.63) is 24.5 Å². The molecule has 1 rings (SSSR count). The Morgan fingerprint density at radius 1 is 1.10 bits per heavy atom. The summed E-state index contributed by atoms with van der Waals surface area (Å²) in [7, 11) is 0. The first-order valence-electron chi connectivity index (χ1n) is 2.36. The standard InChI is InChI=1S/C4H5N.H3O3PS/c1-2-4-5-3-1;1-4(2,3)5/h1-5H;(H3,1,2,3,5). The quantitative estimate of drug-likeness (QED) is 0.431. The summed E-state index contributed by atoms with van der Waals surface area (Å²) in [5.41, 5.74) is 0. The lowest BCUT2D eigenvalue weighted by atomic mass is 10.7. The van der Waals surface area contributed by atoms with Crippen molar-refractivity contribution in [2.45, 2.75) is 0 Å². The second-order valence-corrected chi connectivity index (χ2v) is 3.89. The predicted molar refractivity (Wildman–Crippen MR) is 41.7 cm³/mol. The molecule has 0 aliphatic rings. The highest BCUT2D eigenvalue weighted by Crippen LogP contribution is 2.26. The molecule has 10 heavy (non-hydrogen) atoms. The van der Waals surface area contributed by atoms with Crippen LogP contribution in [0.1, 0.15) is 0 Å². The van der Waals surface area contributed by atoms with Gasteiger partial charge in [-0.3, -0.25) is 0 Å². The molecule has 0 fully saturated rings. The summed E-state index contributed by atoms with van der Waals surface area (Å²) >= 11 is 3.60. The summed E-state index contributed by atoms with van der Waals surface area (Å²) in [6.07, 6.45) is 3.75. The number of aromatic nitrogens is 1. The third kappa shape index (κ3) is 15.7. The van der Waals surface area contributed by atoms with E-state index in [-0.39, 0.29) is 0 Å². The molecule has 58 valence electrons. The van der Waals surface area contributed by atoms with Gasteiger partial charge in [0.15, 0.2) is 0 Å². The molecule has 0 aromatic carbocycles. The Balaban J connectivity index is 0.000000162. The number of nitrogens with one attached hydrogen (secondary N) is 1. The van der Waals surface area contributed by atoms with Gasteiger partial charge >= 0.3 is 6.72 Å². The molecule has 4 nitrogen and oxygen atoms in total. The van der Waals surface area contributed by atoms with E-state index in [1.54, 1.807) is 0 Å². The van der Waals surface area contributed by atoms with Crippen LogP contribution in [0.15, 0.2) is 24.5 Å². The van der Waals surface area contributed by atoms with Crippen LogP contribution in [0.5, 0.6) is 0 Å². The molecular weight excluding hydrogens is 173 g/mol. The maximum Gasteiger partial charge on any atom is 0.319 e. The molecule has 0 aliphatic heterocycles. The van der Waals surface area contributed by atoms with Gasteiger partial charge in [0.05, 0.1) is 0 Å². The van der Waals surface area contributed by atoms with E-state index in [2.05, 4.69) is 16.8 Å². The van der Waals surface area contributed by atoms with E-state index in [9.17, 15) is 0 Å².